The van der Waals surface area contributed by atoms with Crippen LogP contribution in [0.1, 0.15) is 27.7 Å². The maximum Gasteiger partial charge on any atom is 0.356 e. The number of β-lactam (4-membered cyclic amide) rings is 1. The molecule has 1 atom stereocenters. The molecule has 1 saturated heterocycles. The Morgan fingerprint density at radius 1 is 1.56 bits per heavy atom. The van der Waals surface area contributed by atoms with Gasteiger partial charge in [-0.25, -0.2) is 4.79 Å². The third kappa shape index (κ3) is 1.46. The number of allylic oxidation sites excluding steroid dienone is 1. The molecule has 2 aliphatic rings. The number of halogens is 1. The van der Waals surface area contributed by atoms with E-state index in [1.807, 2.05) is 0 Å². The van der Waals surface area contributed by atoms with Crippen molar-refractivity contribution in [3.8, 4) is 0 Å². The van der Waals surface area contributed by atoms with Gasteiger partial charge in [0.1, 0.15) is 11.2 Å². The molecule has 0 aromatic carbocycles. The van der Waals surface area contributed by atoms with Crippen LogP contribution in [0, 0.1) is 10.8 Å². The van der Waals surface area contributed by atoms with E-state index in [1.54, 1.807) is 27.7 Å². The number of aliphatic carboxylic acids is 1. The van der Waals surface area contributed by atoms with Crippen LogP contribution in [0.4, 0.5) is 0 Å². The second-order valence-corrected chi connectivity index (χ2v) is 6.13. The summed E-state index contributed by atoms with van der Waals surface area (Å²) >= 11 is 5.86. The molecule has 6 heteroatoms. The molecule has 18 heavy (non-hydrogen) atoms. The van der Waals surface area contributed by atoms with Gasteiger partial charge in [-0.15, -0.1) is 11.6 Å². The molecule has 1 N–H and O–H groups in total. The molecule has 0 spiro atoms. The standard InChI is InChI=1S/C12H16ClNO4/c1-11(2,5-13)7-6(8(15)16)14-9(17)12(3,4)10(14)18-7/h10H,5H2,1-4H3,(H,15,16)/t10-/m0/s1. The number of fused-ring (bicyclic) bond motifs is 1. The first-order valence-corrected chi connectivity index (χ1v) is 6.22. The quantitative estimate of drug-likeness (QED) is 0.629. The Morgan fingerprint density at radius 2 is 2.11 bits per heavy atom. The zero-order chi connectivity index (χ0) is 13.9. The van der Waals surface area contributed by atoms with E-state index in [1.165, 1.54) is 4.90 Å². The Balaban J connectivity index is 2.48. The fourth-order valence-electron chi connectivity index (χ4n) is 2.22. The van der Waals surface area contributed by atoms with Gasteiger partial charge in [-0.05, 0) is 13.8 Å². The number of ether oxygens (including phenoxy) is 1. The monoisotopic (exact) mass is 273 g/mol. The number of hydrogen-bond acceptors (Lipinski definition) is 3. The van der Waals surface area contributed by atoms with E-state index >= 15 is 0 Å². The molecule has 0 aliphatic carbocycles. The lowest BCUT2D eigenvalue weighted by Gasteiger charge is -2.47. The first-order valence-electron chi connectivity index (χ1n) is 5.69. The van der Waals surface area contributed by atoms with Gasteiger partial charge >= 0.3 is 5.97 Å². The van der Waals surface area contributed by atoms with Crippen molar-refractivity contribution in [1.29, 1.82) is 0 Å². The van der Waals surface area contributed by atoms with Crippen LogP contribution >= 0.6 is 11.6 Å². The first-order chi connectivity index (χ1) is 8.14. The molecule has 0 radical (unpaired) electrons. The lowest BCUT2D eigenvalue weighted by atomic mass is 9.80. The van der Waals surface area contributed by atoms with E-state index in [9.17, 15) is 14.7 Å². The van der Waals surface area contributed by atoms with Crippen LogP contribution in [0.3, 0.4) is 0 Å². The number of rotatable bonds is 3. The zero-order valence-corrected chi connectivity index (χ0v) is 11.5. The van der Waals surface area contributed by atoms with Gasteiger partial charge in [-0.3, -0.25) is 9.69 Å². The number of amides is 1. The second-order valence-electron chi connectivity index (χ2n) is 5.87. The molecule has 0 aromatic rings. The lowest BCUT2D eigenvalue weighted by molar-refractivity contribution is -0.189. The van der Waals surface area contributed by atoms with Crippen LogP contribution in [0.15, 0.2) is 11.5 Å². The highest BCUT2D eigenvalue weighted by molar-refractivity contribution is 6.18. The van der Waals surface area contributed by atoms with Crippen molar-refractivity contribution in [3.05, 3.63) is 11.5 Å². The Kier molecular flexibility index (Phi) is 2.67. The lowest BCUT2D eigenvalue weighted by Crippen LogP contribution is -2.64. The topological polar surface area (TPSA) is 66.8 Å². The fraction of sp³-hybridized carbons (Fsp3) is 0.667. The maximum atomic E-state index is 12.0. The van der Waals surface area contributed by atoms with Gasteiger partial charge in [0.25, 0.3) is 0 Å². The molecular formula is C12H16ClNO4. The number of hydrogen-bond donors (Lipinski definition) is 1. The Labute approximate surface area is 110 Å². The summed E-state index contributed by atoms with van der Waals surface area (Å²) < 4.78 is 5.70. The van der Waals surface area contributed by atoms with Crippen molar-refractivity contribution in [1.82, 2.24) is 4.90 Å². The molecule has 100 valence electrons. The summed E-state index contributed by atoms with van der Waals surface area (Å²) in [6, 6.07) is 0. The van der Waals surface area contributed by atoms with Crippen LogP contribution in [-0.4, -0.2) is 34.0 Å². The molecular weight excluding hydrogens is 258 g/mol. The van der Waals surface area contributed by atoms with Crippen molar-refractivity contribution in [2.24, 2.45) is 10.8 Å². The van der Waals surface area contributed by atoms with Crippen molar-refractivity contribution in [2.45, 2.75) is 33.9 Å². The predicted molar refractivity (Wildman–Crippen MR) is 64.7 cm³/mol. The number of carboxylic acids is 1. The Morgan fingerprint density at radius 3 is 2.56 bits per heavy atom. The number of nitrogens with zero attached hydrogens (tertiary/aromatic N) is 1. The molecule has 0 aromatic heterocycles. The van der Waals surface area contributed by atoms with Gasteiger partial charge in [0.15, 0.2) is 11.9 Å². The van der Waals surface area contributed by atoms with E-state index in [0.717, 1.165) is 0 Å². The third-order valence-electron chi connectivity index (χ3n) is 3.46. The average Bonchev–Trinajstić information content (AvgIpc) is 2.67. The summed E-state index contributed by atoms with van der Waals surface area (Å²) in [4.78, 5) is 24.5. The minimum absolute atomic E-state index is 0.0741. The van der Waals surface area contributed by atoms with E-state index in [4.69, 9.17) is 16.3 Å². The average molecular weight is 274 g/mol. The summed E-state index contributed by atoms with van der Waals surface area (Å²) in [6.45, 7) is 7.07. The van der Waals surface area contributed by atoms with Crippen LogP contribution < -0.4 is 0 Å². The smallest absolute Gasteiger partial charge is 0.356 e. The van der Waals surface area contributed by atoms with Crippen molar-refractivity contribution >= 4 is 23.5 Å². The minimum Gasteiger partial charge on any atom is -0.476 e. The number of carbonyl (C=O) groups excluding carboxylic acids is 1. The Hall–Kier alpha value is -1.23. The fourth-order valence-corrected chi connectivity index (χ4v) is 2.34. The number of carboxylic acid groups (broad SMARTS) is 1. The van der Waals surface area contributed by atoms with E-state index in [0.29, 0.717) is 0 Å². The van der Waals surface area contributed by atoms with Gasteiger partial charge in [0.2, 0.25) is 5.91 Å². The Bertz CT molecular complexity index is 467. The zero-order valence-electron chi connectivity index (χ0n) is 10.8. The second kappa shape index (κ2) is 3.63. The molecule has 0 unspecified atom stereocenters. The van der Waals surface area contributed by atoms with Gasteiger partial charge in [0.05, 0.1) is 0 Å². The van der Waals surface area contributed by atoms with Crippen LogP contribution in [-0.2, 0) is 14.3 Å². The van der Waals surface area contributed by atoms with Crippen LogP contribution in [0.2, 0.25) is 0 Å². The van der Waals surface area contributed by atoms with Gasteiger partial charge in [-0.1, -0.05) is 13.8 Å². The summed E-state index contributed by atoms with van der Waals surface area (Å²) in [5.74, 6) is -0.886. The summed E-state index contributed by atoms with van der Waals surface area (Å²) in [5, 5.41) is 9.28. The molecule has 2 rings (SSSR count). The highest BCUT2D eigenvalue weighted by Crippen LogP contribution is 2.51. The summed E-state index contributed by atoms with van der Waals surface area (Å²) in [5.41, 5.74) is -1.39. The molecule has 1 amide bonds. The predicted octanol–water partition coefficient (Wildman–Crippen LogP) is 1.77. The minimum atomic E-state index is -1.16. The van der Waals surface area contributed by atoms with Crippen LogP contribution in [0.5, 0.6) is 0 Å². The van der Waals surface area contributed by atoms with Gasteiger partial charge in [0, 0.05) is 11.3 Å². The normalized spacial score (nSPS) is 25.7. The highest BCUT2D eigenvalue weighted by atomic mass is 35.5. The van der Waals surface area contributed by atoms with E-state index < -0.39 is 23.0 Å². The number of carbonyl (C=O) groups is 2. The van der Waals surface area contributed by atoms with E-state index in [2.05, 4.69) is 0 Å². The molecule has 5 nitrogen and oxygen atoms in total. The van der Waals surface area contributed by atoms with Crippen molar-refractivity contribution < 1.29 is 19.4 Å². The first kappa shape index (κ1) is 13.2. The van der Waals surface area contributed by atoms with Crippen molar-refractivity contribution in [2.75, 3.05) is 5.88 Å². The highest BCUT2D eigenvalue weighted by Gasteiger charge is 2.64. The molecule has 0 bridgehead atoms. The largest absolute Gasteiger partial charge is 0.476 e. The molecule has 2 heterocycles. The molecule has 1 fully saturated rings. The number of alkyl halides is 1. The maximum absolute atomic E-state index is 12.0. The van der Waals surface area contributed by atoms with Crippen LogP contribution in [0.25, 0.3) is 0 Å². The summed E-state index contributed by atoms with van der Waals surface area (Å²) in [7, 11) is 0. The third-order valence-corrected chi connectivity index (χ3v) is 4.13. The van der Waals surface area contributed by atoms with Crippen molar-refractivity contribution in [3.63, 3.8) is 0 Å². The van der Waals surface area contributed by atoms with E-state index in [-0.39, 0.29) is 23.2 Å². The van der Waals surface area contributed by atoms with Gasteiger partial charge < -0.3 is 9.84 Å². The van der Waals surface area contributed by atoms with Gasteiger partial charge in [-0.2, -0.15) is 0 Å². The molecule has 2 aliphatic heterocycles. The summed E-state index contributed by atoms with van der Waals surface area (Å²) in [6.07, 6.45) is -0.534. The SMILES string of the molecule is CC(C)(CCl)C1=C(C(=O)O)N2C(=O)C(C)(C)[C@@H]2O1. The molecule has 0 saturated carbocycles.